The van der Waals surface area contributed by atoms with Crippen molar-refractivity contribution in [3.8, 4) is 0 Å². The first-order valence-corrected chi connectivity index (χ1v) is 6.17. The van der Waals surface area contributed by atoms with Crippen molar-refractivity contribution in [1.29, 1.82) is 0 Å². The van der Waals surface area contributed by atoms with Gasteiger partial charge in [-0.3, -0.25) is 9.59 Å². The van der Waals surface area contributed by atoms with Gasteiger partial charge >= 0.3 is 5.97 Å². The van der Waals surface area contributed by atoms with Crippen molar-refractivity contribution in [1.82, 2.24) is 4.90 Å². The fraction of sp³-hybridized carbons (Fsp3) is 0.429. The molecular weight excluding hydrogens is 230 g/mol. The Balaban J connectivity index is 2.03. The molecule has 4 nitrogen and oxygen atoms in total. The lowest BCUT2D eigenvalue weighted by Gasteiger charge is -2.16. The molecule has 1 fully saturated rings. The van der Waals surface area contributed by atoms with Gasteiger partial charge in [-0.05, 0) is 24.5 Å². The highest BCUT2D eigenvalue weighted by atomic mass is 16.4. The zero-order valence-corrected chi connectivity index (χ0v) is 10.4. The molecule has 4 heteroatoms. The van der Waals surface area contributed by atoms with E-state index in [0.717, 1.165) is 24.1 Å². The largest absolute Gasteiger partial charge is 0.481 e. The molecule has 1 N–H and O–H groups in total. The highest BCUT2D eigenvalue weighted by molar-refractivity contribution is 5.78. The predicted octanol–water partition coefficient (Wildman–Crippen LogP) is 2.00. The average molecular weight is 247 g/mol. The van der Waals surface area contributed by atoms with Crippen LogP contribution < -0.4 is 0 Å². The van der Waals surface area contributed by atoms with Crippen LogP contribution in [0.1, 0.15) is 36.8 Å². The number of likely N-dealkylation sites (tertiary alicyclic amines) is 1. The third kappa shape index (κ3) is 2.70. The van der Waals surface area contributed by atoms with Gasteiger partial charge in [-0.2, -0.15) is 0 Å². The lowest BCUT2D eigenvalue weighted by atomic mass is 10.00. The van der Waals surface area contributed by atoms with Gasteiger partial charge in [-0.15, -0.1) is 0 Å². The summed E-state index contributed by atoms with van der Waals surface area (Å²) in [6, 6.07) is 7.46. The number of amides is 1. The van der Waals surface area contributed by atoms with E-state index in [0.29, 0.717) is 13.0 Å². The Labute approximate surface area is 106 Å². The van der Waals surface area contributed by atoms with Crippen LogP contribution in [0.15, 0.2) is 24.3 Å². The van der Waals surface area contributed by atoms with E-state index >= 15 is 0 Å². The lowest BCUT2D eigenvalue weighted by molar-refractivity contribution is -0.138. The Bertz CT molecular complexity index is 453. The second-order valence-corrected chi connectivity index (χ2v) is 4.72. The molecule has 1 saturated heterocycles. The van der Waals surface area contributed by atoms with Gasteiger partial charge in [0.1, 0.15) is 0 Å². The topological polar surface area (TPSA) is 57.6 Å². The molecule has 1 aliphatic rings. The molecule has 0 bridgehead atoms. The maximum atomic E-state index is 11.5. The van der Waals surface area contributed by atoms with Crippen LogP contribution in [0.4, 0.5) is 0 Å². The van der Waals surface area contributed by atoms with E-state index in [1.54, 1.807) is 6.92 Å². The van der Waals surface area contributed by atoms with Gasteiger partial charge in [0, 0.05) is 19.5 Å². The number of carbonyl (C=O) groups is 2. The monoisotopic (exact) mass is 247 g/mol. The lowest BCUT2D eigenvalue weighted by Crippen LogP contribution is -2.23. The van der Waals surface area contributed by atoms with E-state index in [9.17, 15) is 9.59 Å². The van der Waals surface area contributed by atoms with Gasteiger partial charge in [0.25, 0.3) is 0 Å². The highest BCUT2D eigenvalue weighted by Crippen LogP contribution is 2.18. The first-order valence-electron chi connectivity index (χ1n) is 6.17. The third-order valence-corrected chi connectivity index (χ3v) is 3.39. The summed E-state index contributed by atoms with van der Waals surface area (Å²) >= 11 is 0. The molecule has 0 aromatic heterocycles. The zero-order valence-electron chi connectivity index (χ0n) is 10.4. The molecule has 0 radical (unpaired) electrons. The number of hydrogen-bond donors (Lipinski definition) is 1. The van der Waals surface area contributed by atoms with E-state index in [2.05, 4.69) is 0 Å². The van der Waals surface area contributed by atoms with Gasteiger partial charge < -0.3 is 10.0 Å². The minimum atomic E-state index is -0.822. The maximum Gasteiger partial charge on any atom is 0.310 e. The van der Waals surface area contributed by atoms with E-state index in [4.69, 9.17) is 5.11 Å². The molecule has 1 unspecified atom stereocenters. The van der Waals surface area contributed by atoms with Crippen LogP contribution in [-0.4, -0.2) is 28.4 Å². The average Bonchev–Trinajstić information content (AvgIpc) is 2.75. The zero-order chi connectivity index (χ0) is 13.1. The first kappa shape index (κ1) is 12.6. The molecule has 1 amide bonds. The number of carboxylic acids is 1. The van der Waals surface area contributed by atoms with E-state index in [1.165, 1.54) is 0 Å². The Hall–Kier alpha value is -1.84. The minimum absolute atomic E-state index is 0.206. The molecule has 1 aromatic rings. The van der Waals surface area contributed by atoms with E-state index < -0.39 is 11.9 Å². The number of carbonyl (C=O) groups excluding carboxylic acids is 1. The van der Waals surface area contributed by atoms with Crippen LogP contribution in [-0.2, 0) is 16.1 Å². The molecule has 1 atom stereocenters. The van der Waals surface area contributed by atoms with Gasteiger partial charge in [-0.25, -0.2) is 0 Å². The molecular formula is C14H17NO3. The third-order valence-electron chi connectivity index (χ3n) is 3.39. The summed E-state index contributed by atoms with van der Waals surface area (Å²) in [5.74, 6) is -1.11. The van der Waals surface area contributed by atoms with E-state index in [-0.39, 0.29) is 5.91 Å². The summed E-state index contributed by atoms with van der Waals surface area (Å²) in [5.41, 5.74) is 1.84. The molecule has 1 aromatic carbocycles. The van der Waals surface area contributed by atoms with Gasteiger partial charge in [0.15, 0.2) is 0 Å². The van der Waals surface area contributed by atoms with Gasteiger partial charge in [-0.1, -0.05) is 24.3 Å². The van der Waals surface area contributed by atoms with Crippen molar-refractivity contribution in [3.05, 3.63) is 35.4 Å². The van der Waals surface area contributed by atoms with Crippen molar-refractivity contribution in [3.63, 3.8) is 0 Å². The molecule has 0 saturated carbocycles. The smallest absolute Gasteiger partial charge is 0.310 e. The Kier molecular flexibility index (Phi) is 3.65. The first-order chi connectivity index (χ1) is 8.58. The fourth-order valence-corrected chi connectivity index (χ4v) is 2.15. The molecule has 2 rings (SSSR count). The van der Waals surface area contributed by atoms with Crippen molar-refractivity contribution < 1.29 is 14.7 Å². The van der Waals surface area contributed by atoms with E-state index in [1.807, 2.05) is 29.2 Å². The number of benzene rings is 1. The van der Waals surface area contributed by atoms with Crippen molar-refractivity contribution in [2.45, 2.75) is 32.2 Å². The number of rotatable bonds is 4. The van der Waals surface area contributed by atoms with Crippen LogP contribution in [0, 0.1) is 0 Å². The number of nitrogens with zero attached hydrogens (tertiary/aromatic N) is 1. The van der Waals surface area contributed by atoms with Crippen molar-refractivity contribution in [2.75, 3.05) is 6.54 Å². The second kappa shape index (κ2) is 5.21. The minimum Gasteiger partial charge on any atom is -0.481 e. The second-order valence-electron chi connectivity index (χ2n) is 4.72. The standard InChI is InChI=1S/C14H17NO3/c1-10(14(17)18)12-6-4-11(5-7-12)9-15-8-2-3-13(15)16/h4-7,10H,2-3,8-9H2,1H3,(H,17,18). The summed E-state index contributed by atoms with van der Waals surface area (Å²) < 4.78 is 0. The normalized spacial score (nSPS) is 16.9. The number of aliphatic carboxylic acids is 1. The van der Waals surface area contributed by atoms with Crippen molar-refractivity contribution >= 4 is 11.9 Å². The van der Waals surface area contributed by atoms with Crippen LogP contribution >= 0.6 is 0 Å². The summed E-state index contributed by atoms with van der Waals surface area (Å²) in [4.78, 5) is 24.2. The van der Waals surface area contributed by atoms with Crippen LogP contribution in [0.25, 0.3) is 0 Å². The molecule has 18 heavy (non-hydrogen) atoms. The summed E-state index contributed by atoms with van der Waals surface area (Å²) in [5, 5.41) is 8.92. The van der Waals surface area contributed by atoms with Crippen LogP contribution in [0.2, 0.25) is 0 Å². The molecule has 0 aliphatic carbocycles. The van der Waals surface area contributed by atoms with Gasteiger partial charge in [0.2, 0.25) is 5.91 Å². The quantitative estimate of drug-likeness (QED) is 0.885. The predicted molar refractivity (Wildman–Crippen MR) is 67.1 cm³/mol. The highest BCUT2D eigenvalue weighted by Gasteiger charge is 2.20. The SMILES string of the molecule is CC(C(=O)O)c1ccc(CN2CCCC2=O)cc1. The Morgan fingerprint density at radius 3 is 2.56 bits per heavy atom. The summed E-state index contributed by atoms with van der Waals surface area (Å²) in [6.45, 7) is 3.12. The molecule has 96 valence electrons. The molecule has 1 aliphatic heterocycles. The number of carboxylic acid groups (broad SMARTS) is 1. The van der Waals surface area contributed by atoms with Crippen LogP contribution in [0.5, 0.6) is 0 Å². The maximum absolute atomic E-state index is 11.5. The number of hydrogen-bond acceptors (Lipinski definition) is 2. The fourth-order valence-electron chi connectivity index (χ4n) is 2.15. The Morgan fingerprint density at radius 2 is 2.06 bits per heavy atom. The summed E-state index contributed by atoms with van der Waals surface area (Å²) in [7, 11) is 0. The Morgan fingerprint density at radius 1 is 1.39 bits per heavy atom. The van der Waals surface area contributed by atoms with Gasteiger partial charge in [0.05, 0.1) is 5.92 Å². The van der Waals surface area contributed by atoms with Crippen LogP contribution in [0.3, 0.4) is 0 Å². The molecule has 1 heterocycles. The molecule has 0 spiro atoms. The summed E-state index contributed by atoms with van der Waals surface area (Å²) in [6.07, 6.45) is 1.58. The van der Waals surface area contributed by atoms with Crippen molar-refractivity contribution in [2.24, 2.45) is 0 Å².